The van der Waals surface area contributed by atoms with Gasteiger partial charge in [0.2, 0.25) is 5.91 Å². The molecule has 150 valence electrons. The lowest BCUT2D eigenvalue weighted by atomic mass is 10.2. The molecule has 1 aliphatic heterocycles. The van der Waals surface area contributed by atoms with Gasteiger partial charge in [-0.3, -0.25) is 9.69 Å². The lowest BCUT2D eigenvalue weighted by molar-refractivity contribution is -0.132. The van der Waals surface area contributed by atoms with Gasteiger partial charge < -0.3 is 4.90 Å². The quantitative estimate of drug-likeness (QED) is 0.629. The zero-order valence-electron chi connectivity index (χ0n) is 16.1. The molecule has 1 heterocycles. The number of nitrogens with zero attached hydrogens (tertiary/aromatic N) is 2. The molecular formula is C22H26F2N2OS. The minimum absolute atomic E-state index is 0.0630. The largest absolute Gasteiger partial charge is 0.325 e. The van der Waals surface area contributed by atoms with Gasteiger partial charge in [-0.15, -0.1) is 11.8 Å². The number of carbonyl (C=O) groups is 1. The lowest BCUT2D eigenvalue weighted by Gasteiger charge is -2.28. The third-order valence-electron chi connectivity index (χ3n) is 4.87. The van der Waals surface area contributed by atoms with E-state index < -0.39 is 0 Å². The average Bonchev–Trinajstić information content (AvgIpc) is 3.18. The second-order valence-electron chi connectivity index (χ2n) is 7.05. The fraction of sp³-hybridized carbons (Fsp3) is 0.409. The van der Waals surface area contributed by atoms with Crippen LogP contribution in [0.1, 0.15) is 36.3 Å². The Balaban J connectivity index is 1.67. The van der Waals surface area contributed by atoms with Crippen molar-refractivity contribution in [3.63, 3.8) is 0 Å². The first-order valence-electron chi connectivity index (χ1n) is 9.70. The van der Waals surface area contributed by atoms with Crippen LogP contribution in [0.2, 0.25) is 0 Å². The molecule has 1 aliphatic rings. The van der Waals surface area contributed by atoms with Crippen LogP contribution in [-0.4, -0.2) is 41.1 Å². The van der Waals surface area contributed by atoms with Crippen molar-refractivity contribution in [1.82, 2.24) is 9.80 Å². The van der Waals surface area contributed by atoms with Gasteiger partial charge in [-0.2, -0.15) is 0 Å². The van der Waals surface area contributed by atoms with Gasteiger partial charge in [-0.25, -0.2) is 8.78 Å². The predicted molar refractivity (Wildman–Crippen MR) is 110 cm³/mol. The highest BCUT2D eigenvalue weighted by atomic mass is 32.2. The molecule has 6 heteroatoms. The van der Waals surface area contributed by atoms with Crippen molar-refractivity contribution in [3.05, 3.63) is 71.3 Å². The molecule has 2 aromatic rings. The van der Waals surface area contributed by atoms with E-state index in [0.717, 1.165) is 36.3 Å². The van der Waals surface area contributed by atoms with Crippen LogP contribution in [0.5, 0.6) is 0 Å². The van der Waals surface area contributed by atoms with Gasteiger partial charge in [0.05, 0.1) is 6.54 Å². The zero-order chi connectivity index (χ0) is 19.9. The Kier molecular flexibility index (Phi) is 7.45. The summed E-state index contributed by atoms with van der Waals surface area (Å²) in [6.45, 7) is 4.59. The fourth-order valence-electron chi connectivity index (χ4n) is 3.35. The highest BCUT2D eigenvalue weighted by Crippen LogP contribution is 2.37. The Morgan fingerprint density at radius 3 is 2.39 bits per heavy atom. The third-order valence-corrected chi connectivity index (χ3v) is 6.13. The van der Waals surface area contributed by atoms with Crippen molar-refractivity contribution in [2.24, 2.45) is 0 Å². The summed E-state index contributed by atoms with van der Waals surface area (Å²) >= 11 is 1.71. The number of benzene rings is 2. The van der Waals surface area contributed by atoms with E-state index in [1.54, 1.807) is 36.0 Å². The Bertz CT molecular complexity index is 767. The van der Waals surface area contributed by atoms with E-state index in [9.17, 15) is 13.6 Å². The molecule has 0 bridgehead atoms. The van der Waals surface area contributed by atoms with Crippen LogP contribution in [0.25, 0.3) is 0 Å². The number of rotatable bonds is 8. The zero-order valence-corrected chi connectivity index (χ0v) is 16.9. The summed E-state index contributed by atoms with van der Waals surface area (Å²) in [5, 5.41) is -0.0630. The number of amides is 1. The summed E-state index contributed by atoms with van der Waals surface area (Å²) < 4.78 is 26.4. The monoisotopic (exact) mass is 404 g/mol. The molecule has 0 aliphatic carbocycles. The van der Waals surface area contributed by atoms with Crippen LogP contribution in [0, 0.1) is 11.6 Å². The van der Waals surface area contributed by atoms with Crippen molar-refractivity contribution in [2.75, 3.05) is 25.4 Å². The highest BCUT2D eigenvalue weighted by Gasteiger charge is 2.31. The second-order valence-corrected chi connectivity index (χ2v) is 8.24. The van der Waals surface area contributed by atoms with Crippen molar-refractivity contribution in [1.29, 1.82) is 0 Å². The smallest absolute Gasteiger partial charge is 0.237 e. The van der Waals surface area contributed by atoms with Crippen LogP contribution >= 0.6 is 11.8 Å². The Morgan fingerprint density at radius 1 is 1.11 bits per heavy atom. The first-order chi connectivity index (χ1) is 13.6. The minimum Gasteiger partial charge on any atom is -0.325 e. The fourth-order valence-corrected chi connectivity index (χ4v) is 4.63. The molecule has 1 fully saturated rings. The molecule has 28 heavy (non-hydrogen) atoms. The van der Waals surface area contributed by atoms with Gasteiger partial charge in [-0.05, 0) is 48.4 Å². The molecule has 0 spiro atoms. The Labute approximate surface area is 169 Å². The summed E-state index contributed by atoms with van der Waals surface area (Å²) in [4.78, 5) is 17.1. The molecule has 2 aromatic carbocycles. The maximum atomic E-state index is 13.2. The van der Waals surface area contributed by atoms with E-state index in [4.69, 9.17) is 0 Å². The normalized spacial score (nSPS) is 16.7. The molecule has 0 unspecified atom stereocenters. The number of carbonyl (C=O) groups excluding carboxylic acids is 1. The average molecular weight is 405 g/mol. The molecule has 3 nitrogen and oxygen atoms in total. The molecule has 3 rings (SSSR count). The van der Waals surface area contributed by atoms with Gasteiger partial charge in [0.25, 0.3) is 0 Å². The SMILES string of the molecule is CCCCN(CC(=O)N1CCS[C@@H]1c1ccc(F)cc1)Cc1ccc(F)cc1. The van der Waals surface area contributed by atoms with E-state index >= 15 is 0 Å². The first kappa shape index (κ1) is 20.8. The van der Waals surface area contributed by atoms with Gasteiger partial charge >= 0.3 is 0 Å². The minimum atomic E-state index is -0.269. The second kappa shape index (κ2) is 10.0. The standard InChI is InChI=1S/C22H26F2N2OS/c1-2-3-12-25(15-17-4-8-19(23)9-5-17)16-21(27)26-13-14-28-22(26)18-6-10-20(24)11-7-18/h4-11,22H,2-3,12-16H2,1H3/t22-/m1/s1. The van der Waals surface area contributed by atoms with E-state index in [0.29, 0.717) is 19.6 Å². The molecular weight excluding hydrogens is 378 g/mol. The summed E-state index contributed by atoms with van der Waals surface area (Å²) in [7, 11) is 0. The maximum Gasteiger partial charge on any atom is 0.237 e. The molecule has 0 saturated carbocycles. The maximum absolute atomic E-state index is 13.2. The molecule has 1 saturated heterocycles. The lowest BCUT2D eigenvalue weighted by Crippen LogP contribution is -2.40. The van der Waals surface area contributed by atoms with Gasteiger partial charge in [0.15, 0.2) is 0 Å². The number of halogens is 2. The molecule has 0 radical (unpaired) electrons. The van der Waals surface area contributed by atoms with E-state index in [1.807, 2.05) is 4.90 Å². The molecule has 1 amide bonds. The topological polar surface area (TPSA) is 23.6 Å². The first-order valence-corrected chi connectivity index (χ1v) is 10.7. The van der Waals surface area contributed by atoms with E-state index in [-0.39, 0.29) is 22.9 Å². The summed E-state index contributed by atoms with van der Waals surface area (Å²) in [5.74, 6) is 0.434. The van der Waals surface area contributed by atoms with Crippen LogP contribution in [0.4, 0.5) is 8.78 Å². The van der Waals surface area contributed by atoms with E-state index in [1.165, 1.54) is 24.3 Å². The number of thioether (sulfide) groups is 1. The summed E-state index contributed by atoms with van der Waals surface area (Å²) in [6.07, 6.45) is 2.05. The summed E-state index contributed by atoms with van der Waals surface area (Å²) in [5.41, 5.74) is 1.95. The molecule has 0 N–H and O–H groups in total. The Hall–Kier alpha value is -1.92. The van der Waals surface area contributed by atoms with Crippen molar-refractivity contribution < 1.29 is 13.6 Å². The van der Waals surface area contributed by atoms with Crippen molar-refractivity contribution in [2.45, 2.75) is 31.7 Å². The van der Waals surface area contributed by atoms with E-state index in [2.05, 4.69) is 11.8 Å². The number of hydrogen-bond donors (Lipinski definition) is 0. The van der Waals surface area contributed by atoms with Gasteiger partial charge in [0, 0.05) is 18.8 Å². The van der Waals surface area contributed by atoms with Crippen LogP contribution in [-0.2, 0) is 11.3 Å². The Morgan fingerprint density at radius 2 is 1.75 bits per heavy atom. The predicted octanol–water partition coefficient (Wildman–Crippen LogP) is 4.84. The van der Waals surface area contributed by atoms with Crippen molar-refractivity contribution >= 4 is 17.7 Å². The van der Waals surface area contributed by atoms with Gasteiger partial charge in [0.1, 0.15) is 17.0 Å². The highest BCUT2D eigenvalue weighted by molar-refractivity contribution is 7.99. The van der Waals surface area contributed by atoms with Crippen LogP contribution in [0.15, 0.2) is 48.5 Å². The van der Waals surface area contributed by atoms with Crippen LogP contribution < -0.4 is 0 Å². The number of unbranched alkanes of at least 4 members (excludes halogenated alkanes) is 1. The van der Waals surface area contributed by atoms with Gasteiger partial charge in [-0.1, -0.05) is 37.6 Å². The molecule has 1 atom stereocenters. The van der Waals surface area contributed by atoms with Crippen molar-refractivity contribution in [3.8, 4) is 0 Å². The van der Waals surface area contributed by atoms with Crippen LogP contribution in [0.3, 0.4) is 0 Å². The molecule has 0 aromatic heterocycles. The summed E-state index contributed by atoms with van der Waals surface area (Å²) in [6, 6.07) is 12.8. The third kappa shape index (κ3) is 5.55. The number of hydrogen-bond acceptors (Lipinski definition) is 3.